The molecule has 0 saturated carbocycles. The number of allylic oxidation sites excluding steroid dienone is 2. The minimum absolute atomic E-state index is 0.367. The maximum atomic E-state index is 11.8. The molecule has 0 aliphatic carbocycles. The van der Waals surface area contributed by atoms with Crippen LogP contribution in [0.3, 0.4) is 0 Å². The van der Waals surface area contributed by atoms with Gasteiger partial charge in [-0.15, -0.1) is 0 Å². The van der Waals surface area contributed by atoms with E-state index in [1.54, 1.807) is 30.6 Å². The van der Waals surface area contributed by atoms with E-state index in [9.17, 15) is 4.79 Å². The summed E-state index contributed by atoms with van der Waals surface area (Å²) in [6.07, 6.45) is 8.81. The third kappa shape index (κ3) is 3.65. The van der Waals surface area contributed by atoms with E-state index in [4.69, 9.17) is 4.74 Å². The van der Waals surface area contributed by atoms with E-state index in [1.165, 1.54) is 7.11 Å². The van der Waals surface area contributed by atoms with Gasteiger partial charge in [0.25, 0.3) is 0 Å². The molecule has 100 valence electrons. The van der Waals surface area contributed by atoms with Gasteiger partial charge in [0.2, 0.25) is 0 Å². The highest BCUT2D eigenvalue weighted by Gasteiger charge is 2.10. The molecule has 0 spiro atoms. The topological polar surface area (TPSA) is 39.2 Å². The minimum atomic E-state index is -0.367. The molecule has 3 heteroatoms. The van der Waals surface area contributed by atoms with Gasteiger partial charge in [-0.2, -0.15) is 0 Å². The number of ether oxygens (including phenoxy) is 1. The molecule has 0 aliphatic rings. The maximum Gasteiger partial charge on any atom is 0.338 e. The average molecular weight is 265 g/mol. The van der Waals surface area contributed by atoms with Crippen molar-refractivity contribution in [3.05, 3.63) is 78.1 Å². The van der Waals surface area contributed by atoms with Crippen LogP contribution in [-0.4, -0.2) is 18.1 Å². The zero-order chi connectivity index (χ0) is 14.2. The molecular weight excluding hydrogens is 250 g/mol. The number of carbonyl (C=O) groups excluding carboxylic acids is 1. The Morgan fingerprint density at radius 2 is 1.80 bits per heavy atom. The van der Waals surface area contributed by atoms with Crippen molar-refractivity contribution >= 4 is 17.6 Å². The van der Waals surface area contributed by atoms with Gasteiger partial charge in [-0.05, 0) is 29.3 Å². The number of rotatable bonds is 4. The van der Waals surface area contributed by atoms with Crippen molar-refractivity contribution in [3.63, 3.8) is 0 Å². The second kappa shape index (κ2) is 7.04. The number of carbonyl (C=O) groups is 1. The molecule has 0 saturated heterocycles. The van der Waals surface area contributed by atoms with Crippen LogP contribution in [0.2, 0.25) is 0 Å². The lowest BCUT2D eigenvalue weighted by Crippen LogP contribution is -2.03. The fourth-order valence-corrected chi connectivity index (χ4v) is 1.74. The highest BCUT2D eigenvalue weighted by Crippen LogP contribution is 2.15. The predicted octanol–water partition coefficient (Wildman–Crippen LogP) is 3.35. The van der Waals surface area contributed by atoms with Gasteiger partial charge in [0.15, 0.2) is 0 Å². The van der Waals surface area contributed by atoms with Gasteiger partial charge in [-0.3, -0.25) is 4.98 Å². The smallest absolute Gasteiger partial charge is 0.338 e. The van der Waals surface area contributed by atoms with Gasteiger partial charge in [-0.25, -0.2) is 4.79 Å². The van der Waals surface area contributed by atoms with Crippen molar-refractivity contribution in [2.45, 2.75) is 0 Å². The number of aromatic nitrogens is 1. The van der Waals surface area contributed by atoms with Crippen LogP contribution in [-0.2, 0) is 9.53 Å². The van der Waals surface area contributed by atoms with Gasteiger partial charge < -0.3 is 4.74 Å². The highest BCUT2D eigenvalue weighted by molar-refractivity contribution is 6.16. The molecular formula is C17H15NO2. The van der Waals surface area contributed by atoms with E-state index >= 15 is 0 Å². The molecule has 0 N–H and O–H groups in total. The second-order valence-electron chi connectivity index (χ2n) is 4.08. The maximum absolute atomic E-state index is 11.8. The summed E-state index contributed by atoms with van der Waals surface area (Å²) in [7, 11) is 1.37. The standard InChI is InChI=1S/C17H15NO2/c1-20-17(19)16(15-10-12-18-13-11-15)9-5-8-14-6-3-2-4-7-14/h2-13H,1H3. The van der Waals surface area contributed by atoms with Crippen LogP contribution in [0.4, 0.5) is 0 Å². The number of benzene rings is 1. The summed E-state index contributed by atoms with van der Waals surface area (Å²) < 4.78 is 4.81. The first-order valence-electron chi connectivity index (χ1n) is 6.23. The Hall–Kier alpha value is -2.68. The molecule has 20 heavy (non-hydrogen) atoms. The fourth-order valence-electron chi connectivity index (χ4n) is 1.74. The molecule has 0 amide bonds. The average Bonchev–Trinajstić information content (AvgIpc) is 2.53. The monoisotopic (exact) mass is 265 g/mol. The molecule has 0 fully saturated rings. The second-order valence-corrected chi connectivity index (χ2v) is 4.08. The Morgan fingerprint density at radius 1 is 1.10 bits per heavy atom. The summed E-state index contributed by atoms with van der Waals surface area (Å²) in [5, 5.41) is 0. The molecule has 0 bridgehead atoms. The largest absolute Gasteiger partial charge is 0.465 e. The first-order valence-corrected chi connectivity index (χ1v) is 6.23. The molecule has 1 aromatic heterocycles. The van der Waals surface area contributed by atoms with E-state index in [1.807, 2.05) is 42.5 Å². The summed E-state index contributed by atoms with van der Waals surface area (Å²) in [4.78, 5) is 15.8. The number of nitrogens with zero attached hydrogens (tertiary/aromatic N) is 1. The highest BCUT2D eigenvalue weighted by atomic mass is 16.5. The molecule has 0 unspecified atom stereocenters. The number of pyridine rings is 1. The summed E-state index contributed by atoms with van der Waals surface area (Å²) >= 11 is 0. The predicted molar refractivity (Wildman–Crippen MR) is 79.7 cm³/mol. The van der Waals surface area contributed by atoms with Crippen molar-refractivity contribution in [1.29, 1.82) is 0 Å². The lowest BCUT2D eigenvalue weighted by molar-refractivity contribution is -0.133. The first kappa shape index (κ1) is 13.7. The Bertz CT molecular complexity index is 616. The van der Waals surface area contributed by atoms with Crippen molar-refractivity contribution < 1.29 is 9.53 Å². The quantitative estimate of drug-likeness (QED) is 0.483. The van der Waals surface area contributed by atoms with Crippen LogP contribution in [0.5, 0.6) is 0 Å². The number of esters is 1. The molecule has 3 nitrogen and oxygen atoms in total. The fraction of sp³-hybridized carbons (Fsp3) is 0.0588. The lowest BCUT2D eigenvalue weighted by atomic mass is 10.1. The van der Waals surface area contributed by atoms with E-state index < -0.39 is 0 Å². The summed E-state index contributed by atoms with van der Waals surface area (Å²) in [6.45, 7) is 0. The van der Waals surface area contributed by atoms with Gasteiger partial charge in [-0.1, -0.05) is 42.5 Å². The van der Waals surface area contributed by atoms with Gasteiger partial charge in [0.05, 0.1) is 12.7 Å². The Balaban J connectivity index is 2.26. The number of hydrogen-bond donors (Lipinski definition) is 0. The normalized spacial score (nSPS) is 11.6. The summed E-state index contributed by atoms with van der Waals surface area (Å²) in [6, 6.07) is 13.4. The van der Waals surface area contributed by atoms with Crippen LogP contribution in [0, 0.1) is 0 Å². The van der Waals surface area contributed by atoms with Crippen molar-refractivity contribution in [2.24, 2.45) is 0 Å². The first-order chi connectivity index (χ1) is 9.81. The van der Waals surface area contributed by atoms with E-state index in [2.05, 4.69) is 4.98 Å². The van der Waals surface area contributed by atoms with Gasteiger partial charge in [0, 0.05) is 12.4 Å². The van der Waals surface area contributed by atoms with Crippen molar-refractivity contribution in [1.82, 2.24) is 4.98 Å². The van der Waals surface area contributed by atoms with Crippen LogP contribution in [0.25, 0.3) is 11.6 Å². The summed E-state index contributed by atoms with van der Waals surface area (Å²) in [5.41, 5.74) is 2.36. The molecule has 1 heterocycles. The lowest BCUT2D eigenvalue weighted by Gasteiger charge is -2.03. The zero-order valence-corrected chi connectivity index (χ0v) is 11.2. The summed E-state index contributed by atoms with van der Waals surface area (Å²) in [5.74, 6) is -0.367. The third-order valence-corrected chi connectivity index (χ3v) is 2.75. The van der Waals surface area contributed by atoms with Crippen LogP contribution >= 0.6 is 0 Å². The van der Waals surface area contributed by atoms with E-state index in [-0.39, 0.29) is 5.97 Å². The molecule has 0 atom stereocenters. The zero-order valence-electron chi connectivity index (χ0n) is 11.2. The van der Waals surface area contributed by atoms with Crippen LogP contribution < -0.4 is 0 Å². The molecule has 1 aromatic carbocycles. The minimum Gasteiger partial charge on any atom is -0.465 e. The van der Waals surface area contributed by atoms with Crippen molar-refractivity contribution in [3.8, 4) is 0 Å². The third-order valence-electron chi connectivity index (χ3n) is 2.75. The van der Waals surface area contributed by atoms with Crippen LogP contribution in [0.1, 0.15) is 11.1 Å². The Kier molecular flexibility index (Phi) is 4.84. The van der Waals surface area contributed by atoms with E-state index in [0.717, 1.165) is 11.1 Å². The van der Waals surface area contributed by atoms with E-state index in [0.29, 0.717) is 5.57 Å². The van der Waals surface area contributed by atoms with Gasteiger partial charge in [0.1, 0.15) is 0 Å². The molecule has 0 radical (unpaired) electrons. The Labute approximate surface area is 118 Å². The number of methoxy groups -OCH3 is 1. The number of hydrogen-bond acceptors (Lipinski definition) is 3. The van der Waals surface area contributed by atoms with Crippen LogP contribution in [0.15, 0.2) is 67.0 Å². The Morgan fingerprint density at radius 3 is 2.45 bits per heavy atom. The van der Waals surface area contributed by atoms with Crippen molar-refractivity contribution in [2.75, 3.05) is 7.11 Å². The van der Waals surface area contributed by atoms with Gasteiger partial charge >= 0.3 is 5.97 Å². The molecule has 2 rings (SSSR count). The molecule has 0 aliphatic heterocycles. The molecule has 2 aromatic rings. The SMILES string of the molecule is COC(=O)C(=CC=Cc1ccccc1)c1ccncc1.